The van der Waals surface area contributed by atoms with Gasteiger partial charge >= 0.3 is 0 Å². The Balaban J connectivity index is 2.81. The van der Waals surface area contributed by atoms with Gasteiger partial charge in [0.25, 0.3) is 0 Å². The molecule has 1 aromatic rings. The van der Waals surface area contributed by atoms with Crippen molar-refractivity contribution in [3.8, 4) is 0 Å². The topological polar surface area (TPSA) is 12.0 Å². The minimum Gasteiger partial charge on any atom is -0.310 e. The van der Waals surface area contributed by atoms with Crippen LogP contribution in [-0.2, 0) is 0 Å². The van der Waals surface area contributed by atoms with Crippen LogP contribution in [0.5, 0.6) is 0 Å². The van der Waals surface area contributed by atoms with Crippen LogP contribution in [0.3, 0.4) is 0 Å². The Hall–Kier alpha value is -0.0200. The Kier molecular flexibility index (Phi) is 6.57. The highest BCUT2D eigenvalue weighted by Crippen LogP contribution is 2.37. The molecular formula is C13H19Cl2NS. The maximum atomic E-state index is 6.21. The molecule has 0 radical (unpaired) electrons. The van der Waals surface area contributed by atoms with Crippen LogP contribution in [0, 0.1) is 0 Å². The summed E-state index contributed by atoms with van der Waals surface area (Å²) in [5.74, 6) is 0. The molecule has 0 aliphatic rings. The summed E-state index contributed by atoms with van der Waals surface area (Å²) >= 11 is 13.6. The Morgan fingerprint density at radius 1 is 1.47 bits per heavy atom. The molecule has 0 saturated carbocycles. The van der Waals surface area contributed by atoms with Crippen LogP contribution in [0.2, 0.25) is 8.67 Å². The predicted molar refractivity (Wildman–Crippen MR) is 79.4 cm³/mol. The van der Waals surface area contributed by atoms with Crippen molar-refractivity contribution in [1.82, 2.24) is 5.32 Å². The summed E-state index contributed by atoms with van der Waals surface area (Å²) < 4.78 is 1.53. The molecule has 96 valence electrons. The molecule has 1 N–H and O–H groups in total. The van der Waals surface area contributed by atoms with Gasteiger partial charge in [-0.2, -0.15) is 0 Å². The smallest absolute Gasteiger partial charge is 0.0992 e. The van der Waals surface area contributed by atoms with Gasteiger partial charge in [0.1, 0.15) is 0 Å². The second-order valence-electron chi connectivity index (χ2n) is 4.09. The van der Waals surface area contributed by atoms with E-state index >= 15 is 0 Å². The van der Waals surface area contributed by atoms with Crippen LogP contribution in [0.4, 0.5) is 0 Å². The highest BCUT2D eigenvalue weighted by atomic mass is 35.5. The van der Waals surface area contributed by atoms with E-state index in [0.29, 0.717) is 0 Å². The van der Waals surface area contributed by atoms with Gasteiger partial charge in [-0.25, -0.2) is 0 Å². The van der Waals surface area contributed by atoms with Crippen LogP contribution in [-0.4, -0.2) is 6.54 Å². The molecule has 0 aliphatic carbocycles. The zero-order valence-corrected chi connectivity index (χ0v) is 12.7. The first-order valence-electron chi connectivity index (χ1n) is 5.93. The molecule has 4 heteroatoms. The van der Waals surface area contributed by atoms with Gasteiger partial charge in [0.2, 0.25) is 0 Å². The minimum atomic E-state index is 0.235. The van der Waals surface area contributed by atoms with Crippen LogP contribution in [0.25, 0.3) is 0 Å². The lowest BCUT2D eigenvalue weighted by molar-refractivity contribution is 0.525. The van der Waals surface area contributed by atoms with Gasteiger partial charge in [0.05, 0.1) is 8.67 Å². The van der Waals surface area contributed by atoms with Crippen LogP contribution in [0.15, 0.2) is 18.2 Å². The van der Waals surface area contributed by atoms with Gasteiger partial charge in [0, 0.05) is 11.6 Å². The lowest BCUT2D eigenvalue weighted by atomic mass is 10.0. The van der Waals surface area contributed by atoms with Crippen molar-refractivity contribution in [3.63, 3.8) is 0 Å². The van der Waals surface area contributed by atoms with E-state index < -0.39 is 0 Å². The highest BCUT2D eigenvalue weighted by molar-refractivity contribution is 7.20. The highest BCUT2D eigenvalue weighted by Gasteiger charge is 2.17. The van der Waals surface area contributed by atoms with E-state index in [1.165, 1.54) is 16.9 Å². The van der Waals surface area contributed by atoms with Crippen molar-refractivity contribution in [2.24, 2.45) is 0 Å². The lowest BCUT2D eigenvalue weighted by Gasteiger charge is -2.19. The zero-order chi connectivity index (χ0) is 12.8. The zero-order valence-electron chi connectivity index (χ0n) is 10.4. The third-order valence-corrected chi connectivity index (χ3v) is 4.21. The standard InChI is InChI=1S/C13H19Cl2NS/c1-4-6-16-11(7-9(3)5-2)10-8-12(14)17-13(10)15/h8,11,16H,3-7H2,1-2H3. The van der Waals surface area contributed by atoms with Crippen molar-refractivity contribution >= 4 is 34.5 Å². The van der Waals surface area contributed by atoms with Crippen molar-refractivity contribution < 1.29 is 0 Å². The van der Waals surface area contributed by atoms with Gasteiger partial charge in [0.15, 0.2) is 0 Å². The molecule has 0 bridgehead atoms. The number of rotatable bonds is 7. The van der Waals surface area contributed by atoms with E-state index in [0.717, 1.165) is 40.0 Å². The number of hydrogen-bond acceptors (Lipinski definition) is 2. The normalized spacial score (nSPS) is 12.7. The molecule has 1 atom stereocenters. The quantitative estimate of drug-likeness (QED) is 0.659. The molecule has 0 amide bonds. The molecule has 0 fully saturated rings. The number of nitrogens with one attached hydrogen (secondary N) is 1. The molecule has 0 saturated heterocycles. The van der Waals surface area contributed by atoms with Crippen LogP contribution < -0.4 is 5.32 Å². The maximum Gasteiger partial charge on any atom is 0.0992 e. The van der Waals surface area contributed by atoms with Crippen molar-refractivity contribution in [1.29, 1.82) is 0 Å². The molecule has 0 aromatic carbocycles. The molecule has 1 nitrogen and oxygen atoms in total. The average Bonchev–Trinajstić information content (AvgIpc) is 2.63. The Labute approximate surface area is 118 Å². The van der Waals surface area contributed by atoms with Gasteiger partial charge in [-0.05, 0) is 31.9 Å². The fourth-order valence-corrected chi connectivity index (χ4v) is 3.21. The first-order valence-corrected chi connectivity index (χ1v) is 7.50. The second kappa shape index (κ2) is 7.42. The van der Waals surface area contributed by atoms with Crippen molar-refractivity contribution in [2.75, 3.05) is 6.54 Å². The van der Waals surface area contributed by atoms with E-state index in [4.69, 9.17) is 23.2 Å². The number of halogens is 2. The van der Waals surface area contributed by atoms with E-state index in [1.54, 1.807) is 0 Å². The molecule has 0 aliphatic heterocycles. The van der Waals surface area contributed by atoms with Crippen LogP contribution in [0.1, 0.15) is 44.7 Å². The summed E-state index contributed by atoms with van der Waals surface area (Å²) in [6.45, 7) is 9.33. The Morgan fingerprint density at radius 3 is 2.65 bits per heavy atom. The summed E-state index contributed by atoms with van der Waals surface area (Å²) in [7, 11) is 0. The first kappa shape index (κ1) is 15.0. The van der Waals surface area contributed by atoms with Crippen molar-refractivity contribution in [3.05, 3.63) is 32.5 Å². The third-order valence-electron chi connectivity index (χ3n) is 2.69. The molecule has 0 spiro atoms. The molecule has 1 unspecified atom stereocenters. The van der Waals surface area contributed by atoms with E-state index in [2.05, 4.69) is 25.7 Å². The summed E-state index contributed by atoms with van der Waals surface area (Å²) in [5, 5.41) is 3.51. The van der Waals surface area contributed by atoms with Gasteiger partial charge in [-0.15, -0.1) is 11.3 Å². The monoisotopic (exact) mass is 291 g/mol. The largest absolute Gasteiger partial charge is 0.310 e. The van der Waals surface area contributed by atoms with E-state index in [1.807, 2.05) is 6.07 Å². The maximum absolute atomic E-state index is 6.21. The molecular weight excluding hydrogens is 273 g/mol. The number of thiophene rings is 1. The summed E-state index contributed by atoms with van der Waals surface area (Å²) in [6, 6.07) is 2.20. The lowest BCUT2D eigenvalue weighted by Crippen LogP contribution is -2.22. The Bertz CT molecular complexity index is 373. The van der Waals surface area contributed by atoms with E-state index in [-0.39, 0.29) is 6.04 Å². The Morgan fingerprint density at radius 2 is 2.18 bits per heavy atom. The molecule has 1 aromatic heterocycles. The van der Waals surface area contributed by atoms with Crippen molar-refractivity contribution in [2.45, 2.75) is 39.2 Å². The van der Waals surface area contributed by atoms with Gasteiger partial charge < -0.3 is 5.32 Å². The third kappa shape index (κ3) is 4.63. The fraction of sp³-hybridized carbons (Fsp3) is 0.538. The van der Waals surface area contributed by atoms with Gasteiger partial charge in [-0.3, -0.25) is 0 Å². The summed E-state index contributed by atoms with van der Waals surface area (Å²) in [5.41, 5.74) is 2.33. The predicted octanol–water partition coefficient (Wildman–Crippen LogP) is 5.45. The summed E-state index contributed by atoms with van der Waals surface area (Å²) in [4.78, 5) is 0. The molecule has 1 rings (SSSR count). The average molecular weight is 292 g/mol. The van der Waals surface area contributed by atoms with Gasteiger partial charge in [-0.1, -0.05) is 49.2 Å². The molecule has 17 heavy (non-hydrogen) atoms. The minimum absolute atomic E-state index is 0.235. The second-order valence-corrected chi connectivity index (χ2v) is 6.38. The van der Waals surface area contributed by atoms with E-state index in [9.17, 15) is 0 Å². The van der Waals surface area contributed by atoms with Crippen LogP contribution >= 0.6 is 34.5 Å². The summed E-state index contributed by atoms with van der Waals surface area (Å²) in [6.07, 6.45) is 3.02. The first-order chi connectivity index (χ1) is 8.08. The SMILES string of the molecule is C=C(CC)CC(NCCC)c1cc(Cl)sc1Cl. The fourth-order valence-electron chi connectivity index (χ4n) is 1.63. The molecule has 1 heterocycles. The number of hydrogen-bond donors (Lipinski definition) is 1.